The summed E-state index contributed by atoms with van der Waals surface area (Å²) in [5.41, 5.74) is 0.211. The van der Waals surface area contributed by atoms with E-state index in [1.54, 1.807) is 17.8 Å². The normalized spacial score (nSPS) is 13.1. The minimum atomic E-state index is -0.317. The number of fused-ring (bicyclic) bond motifs is 1. The largest absolute Gasteiger partial charge is 0.364 e. The van der Waals surface area contributed by atoms with E-state index in [4.69, 9.17) is 11.6 Å². The Morgan fingerprint density at radius 2 is 2.44 bits per heavy atom. The van der Waals surface area contributed by atoms with Crippen LogP contribution in [0.3, 0.4) is 0 Å². The Morgan fingerprint density at radius 1 is 1.62 bits per heavy atom. The van der Waals surface area contributed by atoms with E-state index in [9.17, 15) is 4.79 Å². The highest BCUT2D eigenvalue weighted by atomic mass is 35.5. The molecule has 1 atom stereocenters. The lowest BCUT2D eigenvalue weighted by atomic mass is 10.3. The van der Waals surface area contributed by atoms with Gasteiger partial charge >= 0.3 is 5.69 Å². The molecule has 0 aliphatic rings. The number of rotatable bonds is 4. The van der Waals surface area contributed by atoms with Crippen LogP contribution in [0.2, 0.25) is 0 Å². The number of thioether (sulfide) groups is 1. The quantitative estimate of drug-likeness (QED) is 0.665. The fourth-order valence-corrected chi connectivity index (χ4v) is 2.25. The summed E-state index contributed by atoms with van der Waals surface area (Å²) < 4.78 is 1.26. The Balaban J connectivity index is 2.19. The summed E-state index contributed by atoms with van der Waals surface area (Å²) in [6, 6.07) is 3.61. The molecule has 0 aliphatic heterocycles. The molecular formula is C9H11ClN4OS. The first kappa shape index (κ1) is 11.5. The molecule has 0 fully saturated rings. The van der Waals surface area contributed by atoms with E-state index in [0.29, 0.717) is 17.4 Å². The highest BCUT2D eigenvalue weighted by Crippen LogP contribution is 2.18. The molecule has 1 unspecified atom stereocenters. The van der Waals surface area contributed by atoms with Crippen molar-refractivity contribution in [2.24, 2.45) is 5.92 Å². The van der Waals surface area contributed by atoms with Crippen LogP contribution in [0.15, 0.2) is 22.0 Å². The van der Waals surface area contributed by atoms with Crippen LogP contribution in [0.5, 0.6) is 0 Å². The molecule has 5 nitrogen and oxygen atoms in total. The Hall–Kier alpha value is -1.01. The van der Waals surface area contributed by atoms with Gasteiger partial charge in [-0.05, 0) is 18.1 Å². The molecule has 86 valence electrons. The summed E-state index contributed by atoms with van der Waals surface area (Å²) in [6.07, 6.45) is 0. The van der Waals surface area contributed by atoms with Gasteiger partial charge in [0, 0.05) is 11.6 Å². The predicted molar refractivity (Wildman–Crippen MR) is 64.2 cm³/mol. The van der Waals surface area contributed by atoms with Gasteiger partial charge in [-0.3, -0.25) is 0 Å². The molecule has 0 amide bonds. The van der Waals surface area contributed by atoms with Crippen molar-refractivity contribution in [1.82, 2.24) is 19.8 Å². The average molecular weight is 259 g/mol. The van der Waals surface area contributed by atoms with Crippen LogP contribution in [0.1, 0.15) is 6.92 Å². The zero-order valence-electron chi connectivity index (χ0n) is 8.68. The third-order valence-corrected chi connectivity index (χ3v) is 3.80. The van der Waals surface area contributed by atoms with Crippen LogP contribution in [0.25, 0.3) is 5.65 Å². The number of hydrogen-bond donors (Lipinski definition) is 1. The molecule has 2 rings (SSSR count). The van der Waals surface area contributed by atoms with E-state index in [2.05, 4.69) is 22.2 Å². The number of hydrogen-bond acceptors (Lipinski definition) is 4. The Morgan fingerprint density at radius 3 is 3.19 bits per heavy atom. The lowest BCUT2D eigenvalue weighted by molar-refractivity contribution is 0.754. The van der Waals surface area contributed by atoms with Crippen molar-refractivity contribution in [3.63, 3.8) is 0 Å². The zero-order chi connectivity index (χ0) is 11.5. The molecule has 0 spiro atoms. The summed E-state index contributed by atoms with van der Waals surface area (Å²) in [6.45, 7) is 2.07. The summed E-state index contributed by atoms with van der Waals surface area (Å²) in [5, 5.41) is 11.1. The molecule has 7 heteroatoms. The van der Waals surface area contributed by atoms with Crippen LogP contribution in [-0.2, 0) is 0 Å². The first-order valence-corrected chi connectivity index (χ1v) is 6.36. The van der Waals surface area contributed by atoms with Gasteiger partial charge in [0.2, 0.25) is 0 Å². The van der Waals surface area contributed by atoms with Crippen molar-refractivity contribution >= 4 is 29.0 Å². The number of aromatic amines is 1. The third kappa shape index (κ3) is 2.38. The Bertz CT molecular complexity index is 538. The van der Waals surface area contributed by atoms with Crippen molar-refractivity contribution in [3.8, 4) is 0 Å². The number of halogens is 1. The monoisotopic (exact) mass is 258 g/mol. The number of nitrogens with one attached hydrogen (secondary N) is 1. The molecule has 0 aliphatic carbocycles. The van der Waals surface area contributed by atoms with E-state index in [-0.39, 0.29) is 5.69 Å². The predicted octanol–water partition coefficient (Wildman–Crippen LogP) is 1.38. The number of alkyl halides is 1. The number of nitrogens with zero attached hydrogens (tertiary/aromatic N) is 3. The van der Waals surface area contributed by atoms with Gasteiger partial charge < -0.3 is 0 Å². The van der Waals surface area contributed by atoms with E-state index in [1.807, 2.05) is 6.07 Å². The van der Waals surface area contributed by atoms with Crippen LogP contribution >= 0.6 is 23.4 Å². The molecule has 1 N–H and O–H groups in total. The second kappa shape index (κ2) is 4.88. The SMILES string of the molecule is CC(CCl)CSc1ccc2n[nH]c(=O)n2n1. The van der Waals surface area contributed by atoms with Gasteiger partial charge in [0.1, 0.15) is 5.03 Å². The molecule has 0 bridgehead atoms. The van der Waals surface area contributed by atoms with Gasteiger partial charge in [0.25, 0.3) is 0 Å². The van der Waals surface area contributed by atoms with Crippen molar-refractivity contribution in [3.05, 3.63) is 22.6 Å². The maximum Gasteiger partial charge on any atom is 0.364 e. The third-order valence-electron chi connectivity index (χ3n) is 2.03. The standard InChI is InChI=1S/C9H11ClN4OS/c1-6(4-10)5-16-8-3-2-7-11-12-9(15)14(7)13-8/h2-3,6H,4-5H2,1H3,(H,12,15). The second-order valence-electron chi connectivity index (χ2n) is 3.54. The Labute approximate surface area is 101 Å². The van der Waals surface area contributed by atoms with Crippen molar-refractivity contribution in [2.45, 2.75) is 11.9 Å². The fourth-order valence-electron chi connectivity index (χ4n) is 1.14. The van der Waals surface area contributed by atoms with E-state index < -0.39 is 0 Å². The first-order valence-electron chi connectivity index (χ1n) is 4.84. The van der Waals surface area contributed by atoms with E-state index in [0.717, 1.165) is 10.8 Å². The van der Waals surface area contributed by atoms with Gasteiger partial charge in [-0.2, -0.15) is 14.7 Å². The number of aromatic nitrogens is 4. The van der Waals surface area contributed by atoms with Gasteiger partial charge in [-0.25, -0.2) is 9.89 Å². The lowest BCUT2D eigenvalue weighted by Crippen LogP contribution is -2.12. The van der Waals surface area contributed by atoms with Gasteiger partial charge in [-0.15, -0.1) is 23.4 Å². The van der Waals surface area contributed by atoms with E-state index >= 15 is 0 Å². The summed E-state index contributed by atoms with van der Waals surface area (Å²) in [7, 11) is 0. The fraction of sp³-hybridized carbons (Fsp3) is 0.444. The number of H-pyrrole nitrogens is 1. The molecule has 0 saturated heterocycles. The summed E-state index contributed by atoms with van der Waals surface area (Å²) in [5.74, 6) is 1.93. The van der Waals surface area contributed by atoms with Crippen molar-refractivity contribution in [1.29, 1.82) is 0 Å². The minimum Gasteiger partial charge on any atom is -0.244 e. The van der Waals surface area contributed by atoms with Gasteiger partial charge in [0.05, 0.1) is 0 Å². The minimum absolute atomic E-state index is 0.317. The van der Waals surface area contributed by atoms with Crippen molar-refractivity contribution in [2.75, 3.05) is 11.6 Å². The molecular weight excluding hydrogens is 248 g/mol. The van der Waals surface area contributed by atoms with Crippen LogP contribution in [0.4, 0.5) is 0 Å². The Kier molecular flexibility index (Phi) is 3.50. The van der Waals surface area contributed by atoms with Gasteiger partial charge in [0.15, 0.2) is 5.65 Å². The topological polar surface area (TPSA) is 63.0 Å². The molecule has 2 aromatic heterocycles. The smallest absolute Gasteiger partial charge is 0.244 e. The maximum absolute atomic E-state index is 11.3. The molecule has 0 aromatic carbocycles. The second-order valence-corrected chi connectivity index (χ2v) is 4.89. The summed E-state index contributed by atoms with van der Waals surface area (Å²) in [4.78, 5) is 11.3. The van der Waals surface area contributed by atoms with Crippen LogP contribution < -0.4 is 5.69 Å². The van der Waals surface area contributed by atoms with E-state index in [1.165, 1.54) is 4.52 Å². The molecule has 0 radical (unpaired) electrons. The van der Waals surface area contributed by atoms with Crippen LogP contribution in [-0.4, -0.2) is 31.4 Å². The highest BCUT2D eigenvalue weighted by Gasteiger charge is 2.05. The molecule has 16 heavy (non-hydrogen) atoms. The van der Waals surface area contributed by atoms with Gasteiger partial charge in [-0.1, -0.05) is 6.92 Å². The zero-order valence-corrected chi connectivity index (χ0v) is 10.3. The lowest BCUT2D eigenvalue weighted by Gasteiger charge is -2.05. The molecule has 2 aromatic rings. The highest BCUT2D eigenvalue weighted by molar-refractivity contribution is 7.99. The maximum atomic E-state index is 11.3. The summed E-state index contributed by atoms with van der Waals surface area (Å²) >= 11 is 7.30. The molecule has 2 heterocycles. The van der Waals surface area contributed by atoms with Crippen LogP contribution in [0, 0.1) is 5.92 Å². The first-order chi connectivity index (χ1) is 7.70. The average Bonchev–Trinajstić information content (AvgIpc) is 2.68. The van der Waals surface area contributed by atoms with Crippen molar-refractivity contribution < 1.29 is 0 Å². The molecule has 0 saturated carbocycles.